The van der Waals surface area contributed by atoms with E-state index in [0.717, 1.165) is 24.0 Å². The molecule has 0 heterocycles. The Morgan fingerprint density at radius 3 is 2.81 bits per heavy atom. The van der Waals surface area contributed by atoms with Crippen LogP contribution in [-0.2, 0) is 0 Å². The van der Waals surface area contributed by atoms with Crippen molar-refractivity contribution in [2.75, 3.05) is 7.05 Å². The van der Waals surface area contributed by atoms with E-state index in [1.807, 2.05) is 27.0 Å². The number of hydrogen-bond acceptors (Lipinski definition) is 1. The van der Waals surface area contributed by atoms with Gasteiger partial charge in [-0.1, -0.05) is 6.07 Å². The number of benzene rings is 1. The van der Waals surface area contributed by atoms with Crippen LogP contribution >= 0.6 is 0 Å². The van der Waals surface area contributed by atoms with Gasteiger partial charge >= 0.3 is 0 Å². The maximum absolute atomic E-state index is 13.2. The van der Waals surface area contributed by atoms with Crippen molar-refractivity contribution in [3.05, 3.63) is 35.1 Å². The van der Waals surface area contributed by atoms with Gasteiger partial charge in [0, 0.05) is 12.5 Å². The van der Waals surface area contributed by atoms with Crippen molar-refractivity contribution in [2.24, 2.45) is 0 Å². The van der Waals surface area contributed by atoms with Crippen LogP contribution in [0.4, 0.5) is 4.39 Å². The molecule has 0 aromatic heterocycles. The van der Waals surface area contributed by atoms with Gasteiger partial charge in [-0.15, -0.1) is 11.8 Å². The molecule has 1 N–H and O–H groups in total. The lowest BCUT2D eigenvalue weighted by molar-refractivity contribution is 0.547. The zero-order valence-electron chi connectivity index (χ0n) is 10.1. The summed E-state index contributed by atoms with van der Waals surface area (Å²) < 4.78 is 13.2. The Bertz CT molecular complexity index is 401. The highest BCUT2D eigenvalue weighted by atomic mass is 19.1. The second-order valence-electron chi connectivity index (χ2n) is 3.81. The highest BCUT2D eigenvalue weighted by molar-refractivity contribution is 5.29. The van der Waals surface area contributed by atoms with Crippen molar-refractivity contribution >= 4 is 0 Å². The van der Waals surface area contributed by atoms with Crippen LogP contribution in [0.15, 0.2) is 18.2 Å². The lowest BCUT2D eigenvalue weighted by Gasteiger charge is -2.17. The fraction of sp³-hybridized carbons (Fsp3) is 0.429. The van der Waals surface area contributed by atoms with Gasteiger partial charge in [0.05, 0.1) is 0 Å². The van der Waals surface area contributed by atoms with Gasteiger partial charge in [-0.25, -0.2) is 4.39 Å². The maximum Gasteiger partial charge on any atom is 0.123 e. The number of rotatable bonds is 4. The normalized spacial score (nSPS) is 11.8. The first-order chi connectivity index (χ1) is 7.69. The lowest BCUT2D eigenvalue weighted by atomic mass is 9.97. The first kappa shape index (κ1) is 12.7. The molecule has 1 unspecified atom stereocenters. The number of hydrogen-bond donors (Lipinski definition) is 1. The summed E-state index contributed by atoms with van der Waals surface area (Å²) in [5.41, 5.74) is 2.14. The predicted octanol–water partition coefficient (Wildman–Crippen LogP) is 3.20. The van der Waals surface area contributed by atoms with E-state index in [-0.39, 0.29) is 11.9 Å². The van der Waals surface area contributed by atoms with E-state index in [4.69, 9.17) is 0 Å². The molecule has 0 aliphatic carbocycles. The van der Waals surface area contributed by atoms with E-state index in [2.05, 4.69) is 17.2 Å². The van der Waals surface area contributed by atoms with Crippen molar-refractivity contribution in [3.8, 4) is 11.8 Å². The van der Waals surface area contributed by atoms with E-state index >= 15 is 0 Å². The largest absolute Gasteiger partial charge is 0.313 e. The third-order valence-electron chi connectivity index (χ3n) is 2.70. The average molecular weight is 219 g/mol. The minimum absolute atomic E-state index is 0.177. The Kier molecular flexibility index (Phi) is 5.01. The van der Waals surface area contributed by atoms with Gasteiger partial charge in [0.25, 0.3) is 0 Å². The zero-order valence-corrected chi connectivity index (χ0v) is 10.1. The molecule has 0 radical (unpaired) electrons. The van der Waals surface area contributed by atoms with Crippen LogP contribution < -0.4 is 5.32 Å². The Hall–Kier alpha value is -1.33. The van der Waals surface area contributed by atoms with E-state index in [9.17, 15) is 4.39 Å². The van der Waals surface area contributed by atoms with Crippen molar-refractivity contribution < 1.29 is 4.39 Å². The highest BCUT2D eigenvalue weighted by Crippen LogP contribution is 2.22. The smallest absolute Gasteiger partial charge is 0.123 e. The molecule has 1 aromatic carbocycles. The van der Waals surface area contributed by atoms with Crippen LogP contribution in [0.5, 0.6) is 0 Å². The Morgan fingerprint density at radius 2 is 2.19 bits per heavy atom. The summed E-state index contributed by atoms with van der Waals surface area (Å²) >= 11 is 0. The summed E-state index contributed by atoms with van der Waals surface area (Å²) in [5, 5.41) is 3.21. The highest BCUT2D eigenvalue weighted by Gasteiger charge is 2.11. The standard InChI is InChI=1S/C14H18FN/c1-4-5-6-7-14(16-3)13-10-12(15)9-8-11(13)2/h8-10,14,16H,6-7H2,1-3H3. The fourth-order valence-electron chi connectivity index (χ4n) is 1.78. The number of aryl methyl sites for hydroxylation is 1. The minimum atomic E-state index is -0.178. The summed E-state index contributed by atoms with van der Waals surface area (Å²) in [6.45, 7) is 3.84. The van der Waals surface area contributed by atoms with Gasteiger partial charge in [-0.05, 0) is 50.6 Å². The van der Waals surface area contributed by atoms with Crippen LogP contribution in [0.25, 0.3) is 0 Å². The summed E-state index contributed by atoms with van der Waals surface area (Å²) in [4.78, 5) is 0. The quantitative estimate of drug-likeness (QED) is 0.767. The summed E-state index contributed by atoms with van der Waals surface area (Å²) in [5.74, 6) is 5.73. The second-order valence-corrected chi connectivity index (χ2v) is 3.81. The lowest BCUT2D eigenvalue weighted by Crippen LogP contribution is -2.17. The second kappa shape index (κ2) is 6.30. The molecule has 0 aliphatic rings. The van der Waals surface area contributed by atoms with Crippen LogP contribution in [-0.4, -0.2) is 7.05 Å². The van der Waals surface area contributed by atoms with Crippen molar-refractivity contribution in [1.82, 2.24) is 5.32 Å². The number of nitrogens with one attached hydrogen (secondary N) is 1. The monoisotopic (exact) mass is 219 g/mol. The molecule has 1 nitrogen and oxygen atoms in total. The molecule has 0 spiro atoms. The third-order valence-corrected chi connectivity index (χ3v) is 2.70. The van der Waals surface area contributed by atoms with Crippen LogP contribution in [0.2, 0.25) is 0 Å². The van der Waals surface area contributed by atoms with Crippen LogP contribution in [0, 0.1) is 24.6 Å². The van der Waals surface area contributed by atoms with Gasteiger partial charge in [0.1, 0.15) is 5.82 Å². The molecule has 0 fully saturated rings. The van der Waals surface area contributed by atoms with E-state index in [1.165, 1.54) is 6.07 Å². The number of halogens is 1. The Labute approximate surface area is 97.1 Å². The summed E-state index contributed by atoms with van der Waals surface area (Å²) in [6, 6.07) is 5.10. The maximum atomic E-state index is 13.2. The molecule has 1 atom stereocenters. The van der Waals surface area contributed by atoms with Gasteiger partial charge in [0.15, 0.2) is 0 Å². The topological polar surface area (TPSA) is 12.0 Å². The summed E-state index contributed by atoms with van der Waals surface area (Å²) in [7, 11) is 1.90. The third kappa shape index (κ3) is 3.36. The first-order valence-electron chi connectivity index (χ1n) is 5.52. The summed E-state index contributed by atoms with van der Waals surface area (Å²) in [6.07, 6.45) is 1.74. The van der Waals surface area contributed by atoms with Crippen molar-refractivity contribution in [1.29, 1.82) is 0 Å². The van der Waals surface area contributed by atoms with E-state index < -0.39 is 0 Å². The van der Waals surface area contributed by atoms with E-state index in [0.29, 0.717) is 0 Å². The van der Waals surface area contributed by atoms with Crippen LogP contribution in [0.1, 0.15) is 36.9 Å². The minimum Gasteiger partial charge on any atom is -0.313 e. The molecule has 2 heteroatoms. The van der Waals surface area contributed by atoms with Crippen molar-refractivity contribution in [2.45, 2.75) is 32.7 Å². The first-order valence-corrected chi connectivity index (χ1v) is 5.52. The molecule has 0 amide bonds. The Morgan fingerprint density at radius 1 is 1.44 bits per heavy atom. The molecule has 0 saturated carbocycles. The van der Waals surface area contributed by atoms with E-state index in [1.54, 1.807) is 6.07 Å². The Balaban J connectivity index is 2.84. The van der Waals surface area contributed by atoms with Gasteiger partial charge in [0.2, 0.25) is 0 Å². The molecular formula is C14H18FN. The molecule has 86 valence electrons. The van der Waals surface area contributed by atoms with Gasteiger partial charge in [-0.2, -0.15) is 0 Å². The molecule has 1 rings (SSSR count). The average Bonchev–Trinajstić information content (AvgIpc) is 2.28. The SMILES string of the molecule is CC#CCCC(NC)c1cc(F)ccc1C. The van der Waals surface area contributed by atoms with Gasteiger partial charge in [-0.3, -0.25) is 0 Å². The van der Waals surface area contributed by atoms with Crippen LogP contribution in [0.3, 0.4) is 0 Å². The molecule has 0 bridgehead atoms. The molecule has 16 heavy (non-hydrogen) atoms. The molecule has 0 saturated heterocycles. The fourth-order valence-corrected chi connectivity index (χ4v) is 1.78. The zero-order chi connectivity index (χ0) is 12.0. The van der Waals surface area contributed by atoms with Crippen molar-refractivity contribution in [3.63, 3.8) is 0 Å². The van der Waals surface area contributed by atoms with Gasteiger partial charge < -0.3 is 5.32 Å². The molecule has 1 aromatic rings. The predicted molar refractivity (Wildman–Crippen MR) is 65.6 cm³/mol. The molecule has 0 aliphatic heterocycles. The molecular weight excluding hydrogens is 201 g/mol.